The molecule has 0 saturated carbocycles. The van der Waals surface area contributed by atoms with Gasteiger partial charge in [-0.2, -0.15) is 13.2 Å². The zero-order chi connectivity index (χ0) is 17.5. The van der Waals surface area contributed by atoms with Crippen LogP contribution in [0.3, 0.4) is 0 Å². The van der Waals surface area contributed by atoms with Crippen LogP contribution in [0.1, 0.15) is 22.8 Å². The van der Waals surface area contributed by atoms with Crippen LogP contribution in [0.25, 0.3) is 0 Å². The number of carbonyl (C=O) groups excluding carboxylic acids is 1. The molecule has 3 rings (SSSR count). The Morgan fingerprint density at radius 3 is 2.62 bits per heavy atom. The van der Waals surface area contributed by atoms with Gasteiger partial charge in [-0.05, 0) is 25.5 Å². The van der Waals surface area contributed by atoms with Crippen LogP contribution in [0.5, 0.6) is 0 Å². The molecular formula is C15H16F3N5O. The summed E-state index contributed by atoms with van der Waals surface area (Å²) in [5, 5.41) is 9.55. The molecule has 24 heavy (non-hydrogen) atoms. The fraction of sp³-hybridized carbons (Fsp3) is 0.400. The number of nitrogens with zero attached hydrogens (tertiary/aromatic N) is 4. The van der Waals surface area contributed by atoms with Gasteiger partial charge in [0, 0.05) is 18.8 Å². The molecule has 0 aliphatic carbocycles. The molecule has 1 aromatic carbocycles. The molecule has 0 spiro atoms. The normalized spacial score (nSPS) is 14.5. The highest BCUT2D eigenvalue weighted by Gasteiger charge is 2.39. The van der Waals surface area contributed by atoms with Gasteiger partial charge in [-0.1, -0.05) is 17.7 Å². The van der Waals surface area contributed by atoms with Gasteiger partial charge in [0.15, 0.2) is 5.82 Å². The van der Waals surface area contributed by atoms with Gasteiger partial charge >= 0.3 is 12.2 Å². The second-order valence-electron chi connectivity index (χ2n) is 5.76. The molecule has 128 valence electrons. The predicted octanol–water partition coefficient (Wildman–Crippen LogP) is 2.96. The van der Waals surface area contributed by atoms with Gasteiger partial charge in [0.2, 0.25) is 5.82 Å². The molecule has 2 amide bonds. The summed E-state index contributed by atoms with van der Waals surface area (Å²) in [4.78, 5) is 13.8. The lowest BCUT2D eigenvalue weighted by molar-refractivity contribution is -0.147. The summed E-state index contributed by atoms with van der Waals surface area (Å²) in [5.74, 6) is -0.892. The second kappa shape index (κ2) is 5.81. The van der Waals surface area contributed by atoms with Crippen molar-refractivity contribution >= 4 is 11.7 Å². The first kappa shape index (κ1) is 16.3. The van der Waals surface area contributed by atoms with Crippen LogP contribution in [0.2, 0.25) is 0 Å². The van der Waals surface area contributed by atoms with Crippen LogP contribution < -0.4 is 5.32 Å². The minimum atomic E-state index is -4.55. The van der Waals surface area contributed by atoms with E-state index in [1.54, 1.807) is 6.07 Å². The first-order valence-corrected chi connectivity index (χ1v) is 7.38. The van der Waals surface area contributed by atoms with Crippen LogP contribution >= 0.6 is 0 Å². The van der Waals surface area contributed by atoms with Gasteiger partial charge in [-0.15, -0.1) is 10.2 Å². The van der Waals surface area contributed by atoms with Crippen LogP contribution in [-0.4, -0.2) is 32.2 Å². The van der Waals surface area contributed by atoms with Crippen molar-refractivity contribution in [2.24, 2.45) is 0 Å². The number of benzene rings is 1. The Morgan fingerprint density at radius 1 is 1.21 bits per heavy atom. The largest absolute Gasteiger partial charge is 0.451 e. The van der Waals surface area contributed by atoms with E-state index in [0.717, 1.165) is 15.7 Å². The molecule has 0 bridgehead atoms. The van der Waals surface area contributed by atoms with E-state index in [0.29, 0.717) is 5.69 Å². The topological polar surface area (TPSA) is 63.1 Å². The number of anilines is 1. The van der Waals surface area contributed by atoms with E-state index < -0.39 is 12.0 Å². The highest BCUT2D eigenvalue weighted by molar-refractivity contribution is 5.90. The zero-order valence-electron chi connectivity index (χ0n) is 13.2. The van der Waals surface area contributed by atoms with Crippen molar-refractivity contribution in [1.29, 1.82) is 0 Å². The molecule has 6 nitrogen and oxygen atoms in total. The number of urea groups is 1. The molecule has 0 unspecified atom stereocenters. The number of alkyl halides is 3. The van der Waals surface area contributed by atoms with E-state index in [1.807, 2.05) is 26.0 Å². The minimum Gasteiger partial charge on any atom is -0.315 e. The monoisotopic (exact) mass is 339 g/mol. The maximum atomic E-state index is 12.8. The smallest absolute Gasteiger partial charge is 0.315 e. The SMILES string of the molecule is Cc1ccc(NC(=O)N2CCn3c(nnc3C(F)(F)F)C2)c(C)c1. The summed E-state index contributed by atoms with van der Waals surface area (Å²) in [6, 6.07) is 5.25. The zero-order valence-corrected chi connectivity index (χ0v) is 13.2. The number of carbonyl (C=O) groups is 1. The summed E-state index contributed by atoms with van der Waals surface area (Å²) in [7, 11) is 0. The Morgan fingerprint density at radius 2 is 1.96 bits per heavy atom. The summed E-state index contributed by atoms with van der Waals surface area (Å²) in [5.41, 5.74) is 2.67. The van der Waals surface area contributed by atoms with E-state index in [1.165, 1.54) is 4.90 Å². The van der Waals surface area contributed by atoms with Crippen molar-refractivity contribution in [1.82, 2.24) is 19.7 Å². The lowest BCUT2D eigenvalue weighted by Gasteiger charge is -2.28. The maximum absolute atomic E-state index is 12.8. The molecular weight excluding hydrogens is 323 g/mol. The summed E-state index contributed by atoms with van der Waals surface area (Å²) in [6.45, 7) is 3.99. The van der Waals surface area contributed by atoms with Crippen molar-refractivity contribution < 1.29 is 18.0 Å². The van der Waals surface area contributed by atoms with Crippen LogP contribution in [0.15, 0.2) is 18.2 Å². The van der Waals surface area contributed by atoms with Gasteiger partial charge in [-0.3, -0.25) is 0 Å². The Bertz CT molecular complexity index is 784. The Hall–Kier alpha value is -2.58. The number of aryl methyl sites for hydroxylation is 2. The van der Waals surface area contributed by atoms with E-state index in [-0.39, 0.29) is 31.5 Å². The van der Waals surface area contributed by atoms with Crippen LogP contribution in [-0.2, 0) is 19.3 Å². The number of hydrogen-bond donors (Lipinski definition) is 1. The molecule has 1 aliphatic heterocycles. The fourth-order valence-electron chi connectivity index (χ4n) is 2.69. The minimum absolute atomic E-state index is 0.0114. The average molecular weight is 339 g/mol. The Balaban J connectivity index is 1.73. The van der Waals surface area contributed by atoms with Crippen molar-refractivity contribution in [2.45, 2.75) is 33.1 Å². The number of aromatic nitrogens is 3. The standard InChI is InChI=1S/C15H16F3N5O/c1-9-3-4-11(10(2)7-9)19-14(24)22-5-6-23-12(8-22)20-21-13(23)15(16,17)18/h3-4,7H,5-6,8H2,1-2H3,(H,19,24). The lowest BCUT2D eigenvalue weighted by Crippen LogP contribution is -2.41. The van der Waals surface area contributed by atoms with E-state index in [9.17, 15) is 18.0 Å². The molecule has 0 fully saturated rings. The Kier molecular flexibility index (Phi) is 3.94. The average Bonchev–Trinajstić information content (AvgIpc) is 2.93. The molecule has 1 aromatic heterocycles. The van der Waals surface area contributed by atoms with Crippen molar-refractivity contribution in [2.75, 3.05) is 11.9 Å². The van der Waals surface area contributed by atoms with Crippen molar-refractivity contribution in [3.05, 3.63) is 41.0 Å². The lowest BCUT2D eigenvalue weighted by atomic mass is 10.1. The molecule has 0 atom stereocenters. The first-order chi connectivity index (χ1) is 11.3. The van der Waals surface area contributed by atoms with Gasteiger partial charge < -0.3 is 14.8 Å². The number of amides is 2. The quantitative estimate of drug-likeness (QED) is 0.869. The third-order valence-electron chi connectivity index (χ3n) is 3.92. The van der Waals surface area contributed by atoms with Gasteiger partial charge in [0.25, 0.3) is 0 Å². The number of halogens is 3. The van der Waals surface area contributed by atoms with Crippen LogP contribution in [0, 0.1) is 13.8 Å². The third-order valence-corrected chi connectivity index (χ3v) is 3.92. The van der Waals surface area contributed by atoms with Crippen molar-refractivity contribution in [3.63, 3.8) is 0 Å². The Labute approximate surface area is 136 Å². The molecule has 1 N–H and O–H groups in total. The summed E-state index contributed by atoms with van der Waals surface area (Å²) < 4.78 is 39.5. The van der Waals surface area contributed by atoms with E-state index in [4.69, 9.17) is 0 Å². The van der Waals surface area contributed by atoms with Crippen molar-refractivity contribution in [3.8, 4) is 0 Å². The second-order valence-corrected chi connectivity index (χ2v) is 5.76. The van der Waals surface area contributed by atoms with Crippen LogP contribution in [0.4, 0.5) is 23.7 Å². The third kappa shape index (κ3) is 3.06. The predicted molar refractivity (Wildman–Crippen MR) is 80.4 cm³/mol. The highest BCUT2D eigenvalue weighted by atomic mass is 19.4. The summed E-state index contributed by atoms with van der Waals surface area (Å²) in [6.07, 6.45) is -4.55. The molecule has 0 radical (unpaired) electrons. The molecule has 1 aliphatic rings. The number of rotatable bonds is 1. The molecule has 9 heteroatoms. The molecule has 2 aromatic rings. The number of nitrogens with one attached hydrogen (secondary N) is 1. The molecule has 0 saturated heterocycles. The van der Waals surface area contributed by atoms with Gasteiger partial charge in [-0.25, -0.2) is 4.79 Å². The first-order valence-electron chi connectivity index (χ1n) is 7.38. The highest BCUT2D eigenvalue weighted by Crippen LogP contribution is 2.29. The summed E-state index contributed by atoms with van der Waals surface area (Å²) >= 11 is 0. The van der Waals surface area contributed by atoms with Gasteiger partial charge in [0.1, 0.15) is 0 Å². The fourth-order valence-corrected chi connectivity index (χ4v) is 2.69. The van der Waals surface area contributed by atoms with E-state index in [2.05, 4.69) is 15.5 Å². The van der Waals surface area contributed by atoms with Gasteiger partial charge in [0.05, 0.1) is 6.54 Å². The maximum Gasteiger partial charge on any atom is 0.451 e. The van der Waals surface area contributed by atoms with E-state index >= 15 is 0 Å². The number of hydrogen-bond acceptors (Lipinski definition) is 3. The number of fused-ring (bicyclic) bond motifs is 1. The molecule has 2 heterocycles.